The summed E-state index contributed by atoms with van der Waals surface area (Å²) in [5.41, 5.74) is 4.47. The molecule has 0 bridgehead atoms. The van der Waals surface area contributed by atoms with E-state index in [0.717, 1.165) is 28.6 Å². The Morgan fingerprint density at radius 2 is 1.62 bits per heavy atom. The molecule has 126 valence electrons. The zero-order chi connectivity index (χ0) is 17.5. The number of hydrogen-bond acceptors (Lipinski definition) is 1. The third kappa shape index (κ3) is 3.33. The van der Waals surface area contributed by atoms with Crippen molar-refractivity contribution in [3.63, 3.8) is 0 Å². The van der Waals surface area contributed by atoms with Crippen molar-refractivity contribution in [2.24, 2.45) is 5.41 Å². The van der Waals surface area contributed by atoms with Gasteiger partial charge in [-0.1, -0.05) is 58.9 Å². The second kappa shape index (κ2) is 5.70. The molecule has 0 spiro atoms. The van der Waals surface area contributed by atoms with E-state index in [1.165, 1.54) is 5.56 Å². The third-order valence-corrected chi connectivity index (χ3v) is 4.57. The standard InChI is InChI=1S/C22H27NO/c1-21(2,3)14-22(4,5)16-10-11-20(24)17(13-16)19-12-15-8-6-7-9-18(15)23-19/h6-13,23-24H,14H2,1-5H3. The van der Waals surface area contributed by atoms with Crippen molar-refractivity contribution in [2.75, 3.05) is 0 Å². The molecule has 2 aromatic carbocycles. The number of aromatic hydroxyl groups is 1. The van der Waals surface area contributed by atoms with Gasteiger partial charge in [0.1, 0.15) is 5.75 Å². The molecule has 3 rings (SSSR count). The van der Waals surface area contributed by atoms with Gasteiger partial charge in [-0.25, -0.2) is 0 Å². The summed E-state index contributed by atoms with van der Waals surface area (Å²) in [6.07, 6.45) is 1.08. The summed E-state index contributed by atoms with van der Waals surface area (Å²) < 4.78 is 0. The quantitative estimate of drug-likeness (QED) is 0.587. The number of fused-ring (bicyclic) bond motifs is 1. The molecule has 0 amide bonds. The fraction of sp³-hybridized carbons (Fsp3) is 0.364. The Hall–Kier alpha value is -2.22. The van der Waals surface area contributed by atoms with Crippen molar-refractivity contribution >= 4 is 10.9 Å². The van der Waals surface area contributed by atoms with Crippen molar-refractivity contribution < 1.29 is 5.11 Å². The number of nitrogens with one attached hydrogen (secondary N) is 1. The first-order valence-corrected chi connectivity index (χ1v) is 8.57. The Kier molecular flexibility index (Phi) is 3.95. The minimum absolute atomic E-state index is 0.0483. The van der Waals surface area contributed by atoms with E-state index < -0.39 is 0 Å². The van der Waals surface area contributed by atoms with Crippen LogP contribution in [0.15, 0.2) is 48.5 Å². The van der Waals surface area contributed by atoms with Gasteiger partial charge >= 0.3 is 0 Å². The first-order valence-electron chi connectivity index (χ1n) is 8.57. The van der Waals surface area contributed by atoms with Crippen molar-refractivity contribution in [1.82, 2.24) is 4.98 Å². The van der Waals surface area contributed by atoms with E-state index in [-0.39, 0.29) is 10.8 Å². The minimum Gasteiger partial charge on any atom is -0.507 e. The highest BCUT2D eigenvalue weighted by atomic mass is 16.3. The molecule has 0 aliphatic heterocycles. The maximum absolute atomic E-state index is 10.4. The molecule has 2 N–H and O–H groups in total. The van der Waals surface area contributed by atoms with Crippen LogP contribution in [-0.4, -0.2) is 10.1 Å². The van der Waals surface area contributed by atoms with Crippen LogP contribution in [0.1, 0.15) is 46.6 Å². The SMILES string of the molecule is CC(C)(C)CC(C)(C)c1ccc(O)c(-c2cc3ccccc3[nH]2)c1. The van der Waals surface area contributed by atoms with Gasteiger partial charge in [0.05, 0.1) is 5.69 Å². The van der Waals surface area contributed by atoms with Gasteiger partial charge in [0.15, 0.2) is 0 Å². The van der Waals surface area contributed by atoms with Crippen LogP contribution in [0.3, 0.4) is 0 Å². The van der Waals surface area contributed by atoms with Crippen molar-refractivity contribution in [3.05, 3.63) is 54.1 Å². The molecule has 1 aromatic heterocycles. The van der Waals surface area contributed by atoms with Crippen LogP contribution < -0.4 is 0 Å². The number of para-hydroxylation sites is 1. The molecular formula is C22H27NO. The Balaban J connectivity index is 2.06. The predicted octanol–water partition coefficient (Wildman–Crippen LogP) is 6.25. The average molecular weight is 321 g/mol. The number of hydrogen-bond donors (Lipinski definition) is 2. The lowest BCUT2D eigenvalue weighted by atomic mass is 9.72. The zero-order valence-corrected chi connectivity index (χ0v) is 15.3. The van der Waals surface area contributed by atoms with Crippen LogP contribution in [0.25, 0.3) is 22.2 Å². The van der Waals surface area contributed by atoms with E-state index in [2.05, 4.69) is 63.9 Å². The van der Waals surface area contributed by atoms with E-state index in [0.29, 0.717) is 5.75 Å². The highest BCUT2D eigenvalue weighted by Crippen LogP contribution is 2.40. The summed E-state index contributed by atoms with van der Waals surface area (Å²) in [5.74, 6) is 0.317. The van der Waals surface area contributed by atoms with Crippen molar-refractivity contribution in [3.8, 4) is 17.0 Å². The zero-order valence-electron chi connectivity index (χ0n) is 15.3. The smallest absolute Gasteiger partial charge is 0.124 e. The number of phenols is 1. The molecule has 3 aromatic rings. The van der Waals surface area contributed by atoms with E-state index >= 15 is 0 Å². The molecular weight excluding hydrogens is 294 g/mol. The van der Waals surface area contributed by atoms with E-state index in [1.54, 1.807) is 0 Å². The summed E-state index contributed by atoms with van der Waals surface area (Å²) in [6, 6.07) is 16.3. The molecule has 0 atom stereocenters. The number of aromatic amines is 1. The first kappa shape index (κ1) is 16.6. The van der Waals surface area contributed by atoms with Gasteiger partial charge < -0.3 is 10.1 Å². The molecule has 1 heterocycles. The number of rotatable bonds is 3. The first-order chi connectivity index (χ1) is 11.2. The molecule has 0 aliphatic rings. The van der Waals surface area contributed by atoms with Gasteiger partial charge in [-0.2, -0.15) is 0 Å². The Bertz CT molecular complexity index is 832. The number of benzene rings is 2. The summed E-state index contributed by atoms with van der Waals surface area (Å²) in [6.45, 7) is 11.4. The number of H-pyrrole nitrogens is 1. The predicted molar refractivity (Wildman–Crippen MR) is 102 cm³/mol. The fourth-order valence-corrected chi connectivity index (χ4v) is 3.82. The lowest BCUT2D eigenvalue weighted by molar-refractivity contribution is 0.284. The summed E-state index contributed by atoms with van der Waals surface area (Å²) in [7, 11) is 0. The van der Waals surface area contributed by atoms with E-state index in [9.17, 15) is 5.11 Å². The van der Waals surface area contributed by atoms with Gasteiger partial charge in [-0.3, -0.25) is 0 Å². The highest BCUT2D eigenvalue weighted by Gasteiger charge is 2.28. The van der Waals surface area contributed by atoms with Crippen LogP contribution in [0.4, 0.5) is 0 Å². The molecule has 24 heavy (non-hydrogen) atoms. The Morgan fingerprint density at radius 3 is 2.29 bits per heavy atom. The Labute approximate surface area is 144 Å². The molecule has 0 fully saturated rings. The molecule has 2 nitrogen and oxygen atoms in total. The lowest BCUT2D eigenvalue weighted by Crippen LogP contribution is -2.24. The minimum atomic E-state index is 0.0483. The normalized spacial score (nSPS) is 12.7. The van der Waals surface area contributed by atoms with Crippen molar-refractivity contribution in [2.45, 2.75) is 46.5 Å². The van der Waals surface area contributed by atoms with Crippen molar-refractivity contribution in [1.29, 1.82) is 0 Å². The van der Waals surface area contributed by atoms with Gasteiger partial charge in [-0.05, 0) is 47.1 Å². The maximum Gasteiger partial charge on any atom is 0.124 e. The van der Waals surface area contributed by atoms with E-state index in [4.69, 9.17) is 0 Å². The van der Waals surface area contributed by atoms with E-state index in [1.807, 2.05) is 24.3 Å². The largest absolute Gasteiger partial charge is 0.507 e. The van der Waals surface area contributed by atoms with Crippen LogP contribution in [0, 0.1) is 5.41 Å². The molecule has 0 saturated carbocycles. The maximum atomic E-state index is 10.4. The van der Waals surface area contributed by atoms with Crippen LogP contribution in [-0.2, 0) is 5.41 Å². The van der Waals surface area contributed by atoms with Crippen LogP contribution >= 0.6 is 0 Å². The van der Waals surface area contributed by atoms with Crippen LogP contribution in [0.2, 0.25) is 0 Å². The van der Waals surface area contributed by atoms with Gasteiger partial charge in [0.25, 0.3) is 0 Å². The molecule has 0 unspecified atom stereocenters. The number of aromatic nitrogens is 1. The molecule has 0 saturated heterocycles. The lowest BCUT2D eigenvalue weighted by Gasteiger charge is -2.33. The second-order valence-corrected chi connectivity index (χ2v) is 8.62. The third-order valence-electron chi connectivity index (χ3n) is 4.57. The molecule has 0 aliphatic carbocycles. The summed E-state index contributed by atoms with van der Waals surface area (Å²) >= 11 is 0. The van der Waals surface area contributed by atoms with Gasteiger partial charge in [0.2, 0.25) is 0 Å². The summed E-state index contributed by atoms with van der Waals surface area (Å²) in [4.78, 5) is 3.42. The monoisotopic (exact) mass is 321 g/mol. The van der Waals surface area contributed by atoms with Crippen LogP contribution in [0.5, 0.6) is 5.75 Å². The average Bonchev–Trinajstić information content (AvgIpc) is 2.88. The second-order valence-electron chi connectivity index (χ2n) is 8.62. The molecule has 2 heteroatoms. The summed E-state index contributed by atoms with van der Waals surface area (Å²) in [5, 5.41) is 11.6. The number of phenolic OH excluding ortho intramolecular Hbond substituents is 1. The molecule has 0 radical (unpaired) electrons. The highest BCUT2D eigenvalue weighted by molar-refractivity contribution is 5.87. The topological polar surface area (TPSA) is 36.0 Å². The van der Waals surface area contributed by atoms with Gasteiger partial charge in [0, 0.05) is 16.5 Å². The van der Waals surface area contributed by atoms with Gasteiger partial charge in [-0.15, -0.1) is 0 Å². The Morgan fingerprint density at radius 1 is 0.917 bits per heavy atom. The fourth-order valence-electron chi connectivity index (χ4n) is 3.82.